The number of aliphatic imine (C=N–C) groups is 1. The molecule has 0 bridgehead atoms. The summed E-state index contributed by atoms with van der Waals surface area (Å²) in [6.07, 6.45) is 1.79. The molecule has 0 aliphatic carbocycles. The van der Waals surface area contributed by atoms with E-state index < -0.39 is 0 Å². The molecular weight excluding hydrogens is 431 g/mol. The van der Waals surface area contributed by atoms with Gasteiger partial charge in [-0.1, -0.05) is 64.1 Å². The average molecular weight is 455 g/mol. The first kappa shape index (κ1) is 22.7. The molecule has 6 heteroatoms. The maximum atomic E-state index is 10.0. The Morgan fingerprint density at radius 3 is 2.07 bits per heavy atom. The molecule has 0 amide bonds. The standard InChI is InChI=1S/C22H24N2O.2ClH.Cr/c1-14(2)18-8-6-9-19(15(3)4)22(18)23-13-17-12-11-16-7-5-10-20(25)21(16)24-17;;;/h5-15,25H,1-4H3;2*1H;/q;;;+2/p-2. The van der Waals surface area contributed by atoms with Gasteiger partial charge in [-0.3, -0.25) is 4.99 Å². The first-order chi connectivity index (χ1) is 13.4. The van der Waals surface area contributed by atoms with Crippen LogP contribution in [0.3, 0.4) is 0 Å². The molecule has 0 aliphatic rings. The molecule has 0 unspecified atom stereocenters. The summed E-state index contributed by atoms with van der Waals surface area (Å²) < 4.78 is 0. The van der Waals surface area contributed by atoms with Gasteiger partial charge in [-0.05, 0) is 35.1 Å². The van der Waals surface area contributed by atoms with E-state index in [1.54, 1.807) is 12.3 Å². The number of nitrogens with zero attached hydrogens (tertiary/aromatic N) is 2. The first-order valence-electron chi connectivity index (χ1n) is 9.04. The molecule has 0 fully saturated rings. The molecule has 0 radical (unpaired) electrons. The van der Waals surface area contributed by atoms with Crippen molar-refractivity contribution < 1.29 is 18.5 Å². The summed E-state index contributed by atoms with van der Waals surface area (Å²) in [6, 6.07) is 15.7. The Morgan fingerprint density at radius 2 is 1.50 bits per heavy atom. The Balaban J connectivity index is 0.000000878. The minimum atomic E-state index is -0.181. The van der Waals surface area contributed by atoms with Crippen LogP contribution in [0.15, 0.2) is 53.5 Å². The fourth-order valence-electron chi connectivity index (χ4n) is 3.01. The van der Waals surface area contributed by atoms with Gasteiger partial charge in [-0.15, -0.1) is 0 Å². The zero-order valence-corrected chi connectivity index (χ0v) is 19.1. The van der Waals surface area contributed by atoms with Crippen molar-refractivity contribution in [3.8, 4) is 5.75 Å². The van der Waals surface area contributed by atoms with Gasteiger partial charge in [0.2, 0.25) is 0 Å². The molecule has 3 aromatic rings. The van der Waals surface area contributed by atoms with Crippen LogP contribution in [0.5, 0.6) is 5.75 Å². The van der Waals surface area contributed by atoms with Crippen molar-refractivity contribution in [2.75, 3.05) is 0 Å². The van der Waals surface area contributed by atoms with Gasteiger partial charge in [0.25, 0.3) is 0 Å². The summed E-state index contributed by atoms with van der Waals surface area (Å²) in [5.74, 6) is 0.997. The number of fused-ring (bicyclic) bond motifs is 1. The van der Waals surface area contributed by atoms with Gasteiger partial charge < -0.3 is 5.11 Å². The SMILES string of the molecule is CC(C)c1cccc(C(C)C)c1N=Cc1ccc2cccc(O)c2n1.[Cl][Cr][Cl]. The molecule has 3 nitrogen and oxygen atoms in total. The number of aromatic hydroxyl groups is 1. The van der Waals surface area contributed by atoms with Crippen molar-refractivity contribution >= 4 is 42.9 Å². The van der Waals surface area contributed by atoms with Crippen LogP contribution in [0.2, 0.25) is 0 Å². The molecule has 148 valence electrons. The maximum absolute atomic E-state index is 10.0. The molecule has 1 aromatic heterocycles. The summed E-state index contributed by atoms with van der Waals surface area (Å²) in [4.78, 5) is 9.33. The normalized spacial score (nSPS) is 11.3. The zero-order valence-electron chi connectivity index (χ0n) is 16.4. The molecule has 2 aromatic carbocycles. The number of rotatable bonds is 4. The van der Waals surface area contributed by atoms with Crippen LogP contribution >= 0.6 is 20.1 Å². The third-order valence-electron chi connectivity index (χ3n) is 4.39. The molecule has 1 N–H and O–H groups in total. The Morgan fingerprint density at radius 1 is 0.929 bits per heavy atom. The van der Waals surface area contributed by atoms with Crippen molar-refractivity contribution in [3.63, 3.8) is 0 Å². The molecule has 0 spiro atoms. The number of halogens is 2. The summed E-state index contributed by atoms with van der Waals surface area (Å²) in [5, 5.41) is 10.9. The second kappa shape index (κ2) is 10.8. The summed E-state index contributed by atoms with van der Waals surface area (Å²) in [7, 11) is 9.65. The average Bonchev–Trinajstić information content (AvgIpc) is 2.67. The van der Waals surface area contributed by atoms with E-state index in [2.05, 4.69) is 50.9 Å². The Bertz CT molecular complexity index is 932. The Kier molecular flexibility index (Phi) is 8.79. The van der Waals surface area contributed by atoms with Crippen molar-refractivity contribution in [2.45, 2.75) is 39.5 Å². The molecule has 0 aliphatic heterocycles. The number of hydrogen-bond donors (Lipinski definition) is 1. The number of phenols is 1. The molecule has 28 heavy (non-hydrogen) atoms. The van der Waals surface area contributed by atoms with Gasteiger partial charge in [0.1, 0.15) is 11.3 Å². The number of pyridine rings is 1. The molecule has 3 rings (SSSR count). The molecule has 0 atom stereocenters. The number of para-hydroxylation sites is 2. The van der Waals surface area contributed by atoms with Gasteiger partial charge in [0, 0.05) is 5.39 Å². The minimum absolute atomic E-state index is 0.181. The van der Waals surface area contributed by atoms with Crippen molar-refractivity contribution in [1.29, 1.82) is 0 Å². The fraction of sp³-hybridized carbons (Fsp3) is 0.273. The second-order valence-electron chi connectivity index (χ2n) is 7.00. The van der Waals surface area contributed by atoms with E-state index in [0.717, 1.165) is 16.8 Å². The van der Waals surface area contributed by atoms with E-state index in [1.807, 2.05) is 24.3 Å². The Hall–Kier alpha value is -1.57. The van der Waals surface area contributed by atoms with E-state index in [9.17, 15) is 5.11 Å². The van der Waals surface area contributed by atoms with E-state index in [4.69, 9.17) is 25.1 Å². The molecule has 0 saturated heterocycles. The van der Waals surface area contributed by atoms with E-state index in [1.165, 1.54) is 11.1 Å². The van der Waals surface area contributed by atoms with Gasteiger partial charge in [-0.2, -0.15) is 0 Å². The van der Waals surface area contributed by atoms with Crippen LogP contribution in [0.25, 0.3) is 10.9 Å². The van der Waals surface area contributed by atoms with Crippen LogP contribution < -0.4 is 0 Å². The molecule has 0 saturated carbocycles. The number of phenolic OH excluding ortho intramolecular Hbond substituents is 1. The quantitative estimate of drug-likeness (QED) is 0.419. The van der Waals surface area contributed by atoms with Crippen LogP contribution in [0.4, 0.5) is 5.69 Å². The van der Waals surface area contributed by atoms with Crippen molar-refractivity contribution in [1.82, 2.24) is 4.98 Å². The molecule has 1 heterocycles. The summed E-state index contributed by atoms with van der Waals surface area (Å²) in [6.45, 7) is 8.74. The predicted octanol–water partition coefficient (Wildman–Crippen LogP) is 7.31. The fourth-order valence-corrected chi connectivity index (χ4v) is 3.01. The van der Waals surface area contributed by atoms with Crippen molar-refractivity contribution in [2.24, 2.45) is 4.99 Å². The first-order valence-corrected chi connectivity index (χ1v) is 12.5. The predicted molar refractivity (Wildman–Crippen MR) is 117 cm³/mol. The summed E-state index contributed by atoms with van der Waals surface area (Å²) in [5.41, 5.74) is 4.86. The van der Waals surface area contributed by atoms with Gasteiger partial charge >= 0.3 is 33.5 Å². The van der Waals surface area contributed by atoms with Gasteiger partial charge in [0.15, 0.2) is 0 Å². The third kappa shape index (κ3) is 5.72. The topological polar surface area (TPSA) is 45.5 Å². The molecular formula is C22H24Cl2CrN2O. The van der Waals surface area contributed by atoms with Crippen LogP contribution in [0, 0.1) is 0 Å². The van der Waals surface area contributed by atoms with Gasteiger partial charge in [0.05, 0.1) is 17.6 Å². The monoisotopic (exact) mass is 454 g/mol. The van der Waals surface area contributed by atoms with Gasteiger partial charge in [-0.25, -0.2) is 4.98 Å². The number of aromatic nitrogens is 1. The zero-order chi connectivity index (χ0) is 20.7. The van der Waals surface area contributed by atoms with Crippen LogP contribution in [0.1, 0.15) is 56.4 Å². The van der Waals surface area contributed by atoms with Crippen molar-refractivity contribution in [3.05, 3.63) is 65.4 Å². The number of hydrogen-bond acceptors (Lipinski definition) is 3. The second-order valence-corrected chi connectivity index (χ2v) is 9.10. The third-order valence-corrected chi connectivity index (χ3v) is 4.39. The van der Waals surface area contributed by atoms with E-state index >= 15 is 0 Å². The summed E-state index contributed by atoms with van der Waals surface area (Å²) >= 11 is -0.181. The van der Waals surface area contributed by atoms with Crippen LogP contribution in [-0.2, 0) is 13.4 Å². The van der Waals surface area contributed by atoms with Crippen LogP contribution in [-0.4, -0.2) is 16.3 Å². The Labute approximate surface area is 181 Å². The van der Waals surface area contributed by atoms with E-state index in [-0.39, 0.29) is 19.1 Å². The van der Waals surface area contributed by atoms with E-state index in [0.29, 0.717) is 17.4 Å². The number of benzene rings is 2.